The molecule has 2 heteroatoms. The van der Waals surface area contributed by atoms with Crippen LogP contribution in [-0.2, 0) is 19.5 Å². The molecule has 1 aliphatic heterocycles. The molecule has 136 valence electrons. The Labute approximate surface area is 157 Å². The summed E-state index contributed by atoms with van der Waals surface area (Å²) in [4.78, 5) is 2.71. The highest BCUT2D eigenvalue weighted by Gasteiger charge is 2.34. The molecule has 0 bridgehead atoms. The number of nitrogens with zero attached hydrogens (tertiary/aromatic N) is 2. The van der Waals surface area contributed by atoms with E-state index in [0.29, 0.717) is 6.04 Å². The Hall–Kier alpha value is -2.06. The summed E-state index contributed by atoms with van der Waals surface area (Å²) in [5.74, 6) is 0. The third-order valence-corrected chi connectivity index (χ3v) is 5.87. The van der Waals surface area contributed by atoms with Crippen LogP contribution in [0.1, 0.15) is 55.1 Å². The third-order valence-electron chi connectivity index (χ3n) is 5.87. The zero-order chi connectivity index (χ0) is 18.1. The van der Waals surface area contributed by atoms with Crippen LogP contribution in [0, 0.1) is 6.92 Å². The molecule has 0 saturated carbocycles. The van der Waals surface area contributed by atoms with E-state index in [1.54, 1.807) is 11.3 Å². The van der Waals surface area contributed by atoms with E-state index in [4.69, 9.17) is 0 Å². The van der Waals surface area contributed by atoms with E-state index in [-0.39, 0.29) is 0 Å². The highest BCUT2D eigenvalue weighted by atomic mass is 15.2. The highest BCUT2D eigenvalue weighted by Crippen LogP contribution is 2.43. The van der Waals surface area contributed by atoms with Crippen molar-refractivity contribution in [1.29, 1.82) is 0 Å². The molecule has 26 heavy (non-hydrogen) atoms. The maximum atomic E-state index is 2.71. The number of fused-ring (bicyclic) bond motifs is 3. The lowest BCUT2D eigenvalue weighted by atomic mass is 9.89. The van der Waals surface area contributed by atoms with Gasteiger partial charge in [-0.15, -0.1) is 0 Å². The van der Waals surface area contributed by atoms with Crippen molar-refractivity contribution in [2.24, 2.45) is 0 Å². The first-order valence-electron chi connectivity index (χ1n) is 10.2. The van der Waals surface area contributed by atoms with Crippen molar-refractivity contribution in [1.82, 2.24) is 9.47 Å². The molecule has 1 atom stereocenters. The number of benzene rings is 2. The molecule has 0 radical (unpaired) electrons. The van der Waals surface area contributed by atoms with Crippen molar-refractivity contribution in [3.05, 3.63) is 70.9 Å². The summed E-state index contributed by atoms with van der Waals surface area (Å²) < 4.78 is 2.62. The smallest absolute Gasteiger partial charge is 0.0508 e. The molecule has 1 unspecified atom stereocenters. The molecule has 0 fully saturated rings. The monoisotopic (exact) mass is 346 g/mol. The minimum atomic E-state index is 0.593. The first-order valence-corrected chi connectivity index (χ1v) is 10.2. The van der Waals surface area contributed by atoms with Crippen LogP contribution in [0.4, 0.5) is 0 Å². The molecule has 2 nitrogen and oxygen atoms in total. The van der Waals surface area contributed by atoms with E-state index < -0.39 is 0 Å². The van der Waals surface area contributed by atoms with E-state index in [1.807, 2.05) is 13.8 Å². The number of hydrogen-bond acceptors (Lipinski definition) is 1. The first kappa shape index (κ1) is 17.4. The molecule has 0 amide bonds. The van der Waals surface area contributed by atoms with Gasteiger partial charge in [0.1, 0.15) is 0 Å². The van der Waals surface area contributed by atoms with E-state index in [0.717, 1.165) is 19.6 Å². The quantitative estimate of drug-likeness (QED) is 0.563. The van der Waals surface area contributed by atoms with E-state index in [1.165, 1.54) is 41.3 Å². The van der Waals surface area contributed by atoms with E-state index >= 15 is 0 Å². The average Bonchev–Trinajstić information content (AvgIpc) is 3.01. The van der Waals surface area contributed by atoms with Crippen LogP contribution < -0.4 is 0 Å². The second-order valence-corrected chi connectivity index (χ2v) is 7.40. The molecule has 1 aromatic heterocycles. The molecular formula is C24H30N2. The Morgan fingerprint density at radius 1 is 1.00 bits per heavy atom. The van der Waals surface area contributed by atoms with Crippen molar-refractivity contribution < 1.29 is 0 Å². The summed E-state index contributed by atoms with van der Waals surface area (Å²) in [6, 6.07) is 18.6. The van der Waals surface area contributed by atoms with Gasteiger partial charge in [0.25, 0.3) is 0 Å². The summed E-state index contributed by atoms with van der Waals surface area (Å²) in [7, 11) is 0. The van der Waals surface area contributed by atoms with Gasteiger partial charge in [0.15, 0.2) is 0 Å². The molecule has 3 aromatic rings. The lowest BCUT2D eigenvalue weighted by molar-refractivity contribution is 0.133. The Morgan fingerprint density at radius 3 is 2.62 bits per heavy atom. The summed E-state index contributed by atoms with van der Waals surface area (Å²) in [5, 5.41) is 1.51. The predicted octanol–water partition coefficient (Wildman–Crippen LogP) is 5.87. The fourth-order valence-corrected chi connectivity index (χ4v) is 4.80. The van der Waals surface area contributed by atoms with Gasteiger partial charge < -0.3 is 4.57 Å². The number of rotatable bonds is 2. The van der Waals surface area contributed by atoms with Gasteiger partial charge in [0.05, 0.1) is 6.04 Å². The molecule has 5 rings (SSSR count). The molecule has 0 spiro atoms. The minimum Gasteiger partial charge on any atom is -0.342 e. The fraction of sp³-hybridized carbons (Fsp3) is 0.417. The summed E-state index contributed by atoms with van der Waals surface area (Å²) >= 11 is 0. The SMILES string of the molecule is CC.Cc1ccc2c(c1)c1c3n2CCN(Cc2ccccc2)C3CCC1. The largest absolute Gasteiger partial charge is 0.342 e. The fourth-order valence-electron chi connectivity index (χ4n) is 4.80. The Bertz CT molecular complexity index is 891. The van der Waals surface area contributed by atoms with Crippen LogP contribution in [0.3, 0.4) is 0 Å². The van der Waals surface area contributed by atoms with E-state index in [9.17, 15) is 0 Å². The molecule has 2 aromatic carbocycles. The maximum absolute atomic E-state index is 2.71. The summed E-state index contributed by atoms with van der Waals surface area (Å²) in [6.07, 6.45) is 3.86. The second kappa shape index (κ2) is 7.28. The van der Waals surface area contributed by atoms with Gasteiger partial charge in [-0.25, -0.2) is 0 Å². The van der Waals surface area contributed by atoms with Gasteiger partial charge in [-0.3, -0.25) is 4.90 Å². The lowest BCUT2D eigenvalue weighted by Crippen LogP contribution is -2.39. The Kier molecular flexibility index (Phi) is 4.86. The first-order chi connectivity index (χ1) is 12.8. The Balaban J connectivity index is 0.000000814. The van der Waals surface area contributed by atoms with Crippen LogP contribution in [0.15, 0.2) is 48.5 Å². The van der Waals surface area contributed by atoms with Gasteiger partial charge in [0.2, 0.25) is 0 Å². The van der Waals surface area contributed by atoms with Gasteiger partial charge in [-0.1, -0.05) is 55.8 Å². The maximum Gasteiger partial charge on any atom is 0.0508 e. The summed E-state index contributed by atoms with van der Waals surface area (Å²) in [6.45, 7) is 9.57. The number of aryl methyl sites for hydroxylation is 2. The molecular weight excluding hydrogens is 316 g/mol. The second-order valence-electron chi connectivity index (χ2n) is 7.40. The van der Waals surface area contributed by atoms with Crippen LogP contribution >= 0.6 is 0 Å². The lowest BCUT2D eigenvalue weighted by Gasteiger charge is -2.40. The van der Waals surface area contributed by atoms with Crippen molar-refractivity contribution in [2.75, 3.05) is 6.54 Å². The topological polar surface area (TPSA) is 8.17 Å². The molecule has 1 aliphatic carbocycles. The molecule has 0 saturated heterocycles. The van der Waals surface area contributed by atoms with Crippen molar-refractivity contribution in [3.63, 3.8) is 0 Å². The van der Waals surface area contributed by atoms with Crippen molar-refractivity contribution >= 4 is 10.9 Å². The molecule has 0 N–H and O–H groups in total. The molecule has 2 aliphatic rings. The van der Waals surface area contributed by atoms with Gasteiger partial charge >= 0.3 is 0 Å². The highest BCUT2D eigenvalue weighted by molar-refractivity contribution is 5.87. The van der Waals surface area contributed by atoms with Crippen LogP contribution in [0.2, 0.25) is 0 Å². The van der Waals surface area contributed by atoms with Crippen LogP contribution in [0.5, 0.6) is 0 Å². The van der Waals surface area contributed by atoms with Crippen molar-refractivity contribution in [3.8, 4) is 0 Å². The van der Waals surface area contributed by atoms with Gasteiger partial charge in [0, 0.05) is 36.2 Å². The normalized spacial score (nSPS) is 19.0. The minimum absolute atomic E-state index is 0.593. The van der Waals surface area contributed by atoms with Crippen LogP contribution in [-0.4, -0.2) is 16.0 Å². The number of aromatic nitrogens is 1. The van der Waals surface area contributed by atoms with Gasteiger partial charge in [-0.2, -0.15) is 0 Å². The molecule has 2 heterocycles. The Morgan fingerprint density at radius 2 is 1.81 bits per heavy atom. The predicted molar refractivity (Wildman–Crippen MR) is 111 cm³/mol. The van der Waals surface area contributed by atoms with Crippen molar-refractivity contribution in [2.45, 2.75) is 59.2 Å². The average molecular weight is 347 g/mol. The number of hydrogen-bond donors (Lipinski definition) is 0. The van der Waals surface area contributed by atoms with Crippen LogP contribution in [0.25, 0.3) is 10.9 Å². The van der Waals surface area contributed by atoms with E-state index in [2.05, 4.69) is 64.9 Å². The third kappa shape index (κ3) is 2.87. The zero-order valence-corrected chi connectivity index (χ0v) is 16.3. The van der Waals surface area contributed by atoms with Gasteiger partial charge in [-0.05, 0) is 49.4 Å². The summed E-state index contributed by atoms with van der Waals surface area (Å²) in [5.41, 5.74) is 7.51. The zero-order valence-electron chi connectivity index (χ0n) is 16.3. The standard InChI is InChI=1S/C22H24N2.C2H6/c1-16-10-11-20-19(14-16)18-8-5-9-21-22(18)24(20)13-12-23(21)15-17-6-3-2-4-7-17;1-2/h2-4,6-7,10-11,14,21H,5,8-9,12-13,15H2,1H3;1-2H3.